The summed E-state index contributed by atoms with van der Waals surface area (Å²) in [7, 11) is 0. The summed E-state index contributed by atoms with van der Waals surface area (Å²) in [6, 6.07) is 13.9. The molecule has 0 aliphatic carbocycles. The normalized spacial score (nSPS) is 17.4. The molecule has 1 saturated heterocycles. The van der Waals surface area contributed by atoms with E-state index in [0.29, 0.717) is 48.4 Å². The zero-order valence-electron chi connectivity index (χ0n) is 15.2. The van der Waals surface area contributed by atoms with Crippen LogP contribution in [-0.4, -0.2) is 55.1 Å². The van der Waals surface area contributed by atoms with E-state index in [-0.39, 0.29) is 5.91 Å². The Balaban J connectivity index is 1.41. The van der Waals surface area contributed by atoms with Crippen molar-refractivity contribution in [2.75, 3.05) is 39.4 Å². The summed E-state index contributed by atoms with van der Waals surface area (Å²) >= 11 is 6.33. The summed E-state index contributed by atoms with van der Waals surface area (Å²) in [5.41, 5.74) is 1.85. The molecule has 1 amide bonds. The van der Waals surface area contributed by atoms with Crippen molar-refractivity contribution in [3.05, 3.63) is 58.6 Å². The number of benzene rings is 2. The highest BCUT2D eigenvalue weighted by molar-refractivity contribution is 6.32. The Hall–Kier alpha value is -2.24. The predicted octanol–water partition coefficient (Wildman–Crippen LogP) is 3.46. The Morgan fingerprint density at radius 3 is 2.52 bits per heavy atom. The molecule has 0 aromatic heterocycles. The fourth-order valence-corrected chi connectivity index (χ4v) is 3.75. The molecule has 1 fully saturated rings. The summed E-state index contributed by atoms with van der Waals surface area (Å²) in [5, 5.41) is 0.431. The lowest BCUT2D eigenvalue weighted by Gasteiger charge is -2.35. The van der Waals surface area contributed by atoms with Gasteiger partial charge < -0.3 is 14.4 Å². The van der Waals surface area contributed by atoms with E-state index >= 15 is 0 Å². The molecule has 2 aliphatic heterocycles. The van der Waals surface area contributed by atoms with Crippen LogP contribution in [0.4, 0.5) is 0 Å². The predicted molar refractivity (Wildman–Crippen MR) is 105 cm³/mol. The van der Waals surface area contributed by atoms with Gasteiger partial charge in [0.25, 0.3) is 5.91 Å². The number of ether oxygens (including phenoxy) is 2. The largest absolute Gasteiger partial charge is 0.489 e. The fraction of sp³-hybridized carbons (Fsp3) is 0.381. The number of rotatable bonds is 3. The second-order valence-corrected chi connectivity index (χ2v) is 7.30. The van der Waals surface area contributed by atoms with Crippen LogP contribution < -0.4 is 9.47 Å². The van der Waals surface area contributed by atoms with Gasteiger partial charge in [-0.05, 0) is 17.7 Å². The molecule has 6 heteroatoms. The van der Waals surface area contributed by atoms with Gasteiger partial charge in [0.2, 0.25) is 0 Å². The first-order valence-electron chi connectivity index (χ1n) is 9.35. The van der Waals surface area contributed by atoms with Gasteiger partial charge in [0.15, 0.2) is 11.5 Å². The van der Waals surface area contributed by atoms with E-state index in [0.717, 1.165) is 26.1 Å². The first-order valence-corrected chi connectivity index (χ1v) is 9.73. The highest BCUT2D eigenvalue weighted by Crippen LogP contribution is 2.38. The molecular weight excluding hydrogens is 364 g/mol. The number of halogens is 1. The Labute approximate surface area is 164 Å². The van der Waals surface area contributed by atoms with Gasteiger partial charge in [0.1, 0.15) is 0 Å². The maximum Gasteiger partial charge on any atom is 0.254 e. The monoisotopic (exact) mass is 386 g/mol. The van der Waals surface area contributed by atoms with Gasteiger partial charge in [-0.25, -0.2) is 0 Å². The Morgan fingerprint density at radius 1 is 1.00 bits per heavy atom. The molecule has 2 heterocycles. The quantitative estimate of drug-likeness (QED) is 0.810. The molecule has 142 valence electrons. The number of fused-ring (bicyclic) bond motifs is 1. The topological polar surface area (TPSA) is 42.0 Å². The number of carbonyl (C=O) groups excluding carboxylic acids is 1. The summed E-state index contributed by atoms with van der Waals surface area (Å²) < 4.78 is 11.3. The highest BCUT2D eigenvalue weighted by Gasteiger charge is 2.25. The van der Waals surface area contributed by atoms with Gasteiger partial charge in [0.05, 0.1) is 18.2 Å². The van der Waals surface area contributed by atoms with Crippen LogP contribution in [0.15, 0.2) is 42.5 Å². The van der Waals surface area contributed by atoms with Crippen molar-refractivity contribution in [3.63, 3.8) is 0 Å². The second-order valence-electron chi connectivity index (χ2n) is 6.89. The zero-order valence-corrected chi connectivity index (χ0v) is 16.0. The number of nitrogens with zero attached hydrogens (tertiary/aromatic N) is 2. The van der Waals surface area contributed by atoms with Crippen molar-refractivity contribution in [1.82, 2.24) is 9.80 Å². The van der Waals surface area contributed by atoms with Gasteiger partial charge in [-0.2, -0.15) is 0 Å². The zero-order chi connectivity index (χ0) is 18.6. The third-order valence-corrected chi connectivity index (χ3v) is 5.24. The lowest BCUT2D eigenvalue weighted by molar-refractivity contribution is 0.0628. The smallest absolute Gasteiger partial charge is 0.254 e. The van der Waals surface area contributed by atoms with Crippen LogP contribution in [-0.2, 0) is 6.54 Å². The minimum absolute atomic E-state index is 0.00749. The van der Waals surface area contributed by atoms with Gasteiger partial charge in [0, 0.05) is 44.7 Å². The SMILES string of the molecule is O=C(c1cc(Cl)c2c(c1)OCCCO2)N1CCN(Cc2ccccc2)CC1. The molecule has 0 atom stereocenters. The fourth-order valence-electron chi connectivity index (χ4n) is 3.49. The van der Waals surface area contributed by atoms with E-state index in [4.69, 9.17) is 21.1 Å². The standard InChI is InChI=1S/C21H23ClN2O3/c22-18-13-17(14-19-20(18)27-12-4-11-26-19)21(25)24-9-7-23(8-10-24)15-16-5-2-1-3-6-16/h1-3,5-6,13-14H,4,7-12,15H2. The number of amides is 1. The van der Waals surface area contributed by atoms with Crippen molar-refractivity contribution in [3.8, 4) is 11.5 Å². The van der Waals surface area contributed by atoms with Crippen LogP contribution in [0.25, 0.3) is 0 Å². The van der Waals surface area contributed by atoms with E-state index in [1.165, 1.54) is 5.56 Å². The Bertz CT molecular complexity index is 805. The molecule has 0 saturated carbocycles. The molecule has 5 nitrogen and oxygen atoms in total. The van der Waals surface area contributed by atoms with Crippen LogP contribution >= 0.6 is 11.6 Å². The summed E-state index contributed by atoms with van der Waals surface area (Å²) in [6.45, 7) is 5.19. The van der Waals surface area contributed by atoms with Gasteiger partial charge in [-0.1, -0.05) is 41.9 Å². The first-order chi connectivity index (χ1) is 13.2. The van der Waals surface area contributed by atoms with Gasteiger partial charge >= 0.3 is 0 Å². The van der Waals surface area contributed by atoms with Crippen molar-refractivity contribution >= 4 is 17.5 Å². The van der Waals surface area contributed by atoms with Crippen molar-refractivity contribution in [2.24, 2.45) is 0 Å². The molecule has 0 bridgehead atoms. The number of hydrogen-bond acceptors (Lipinski definition) is 4. The molecule has 0 radical (unpaired) electrons. The lowest BCUT2D eigenvalue weighted by atomic mass is 10.1. The van der Waals surface area contributed by atoms with Crippen LogP contribution in [0, 0.1) is 0 Å². The van der Waals surface area contributed by atoms with E-state index < -0.39 is 0 Å². The van der Waals surface area contributed by atoms with E-state index in [2.05, 4.69) is 29.2 Å². The van der Waals surface area contributed by atoms with Crippen LogP contribution in [0.2, 0.25) is 5.02 Å². The van der Waals surface area contributed by atoms with Gasteiger partial charge in [-0.15, -0.1) is 0 Å². The third-order valence-electron chi connectivity index (χ3n) is 4.96. The highest BCUT2D eigenvalue weighted by atomic mass is 35.5. The molecule has 4 rings (SSSR count). The average molecular weight is 387 g/mol. The minimum atomic E-state index is -0.00749. The van der Waals surface area contributed by atoms with E-state index in [9.17, 15) is 4.79 Å². The molecule has 2 aromatic rings. The molecule has 0 unspecified atom stereocenters. The van der Waals surface area contributed by atoms with Crippen LogP contribution in [0.5, 0.6) is 11.5 Å². The number of hydrogen-bond donors (Lipinski definition) is 0. The molecule has 27 heavy (non-hydrogen) atoms. The van der Waals surface area contributed by atoms with Crippen LogP contribution in [0.3, 0.4) is 0 Å². The lowest BCUT2D eigenvalue weighted by Crippen LogP contribution is -2.48. The first kappa shape index (κ1) is 18.1. The molecule has 0 N–H and O–H groups in total. The van der Waals surface area contributed by atoms with Crippen molar-refractivity contribution < 1.29 is 14.3 Å². The molecule has 2 aliphatic rings. The van der Waals surface area contributed by atoms with E-state index in [1.807, 2.05) is 11.0 Å². The number of carbonyl (C=O) groups is 1. The Kier molecular flexibility index (Phi) is 5.50. The molecule has 2 aromatic carbocycles. The van der Waals surface area contributed by atoms with Gasteiger partial charge in [-0.3, -0.25) is 9.69 Å². The second kappa shape index (κ2) is 8.19. The summed E-state index contributed by atoms with van der Waals surface area (Å²) in [4.78, 5) is 17.2. The average Bonchev–Trinajstić information content (AvgIpc) is 2.95. The molecule has 0 spiro atoms. The number of piperazine rings is 1. The van der Waals surface area contributed by atoms with Crippen molar-refractivity contribution in [2.45, 2.75) is 13.0 Å². The van der Waals surface area contributed by atoms with Crippen LogP contribution in [0.1, 0.15) is 22.3 Å². The maximum atomic E-state index is 12.9. The third kappa shape index (κ3) is 4.20. The summed E-state index contributed by atoms with van der Waals surface area (Å²) in [5.74, 6) is 1.09. The Morgan fingerprint density at radius 2 is 1.74 bits per heavy atom. The minimum Gasteiger partial charge on any atom is -0.489 e. The van der Waals surface area contributed by atoms with Crippen molar-refractivity contribution in [1.29, 1.82) is 0 Å². The maximum absolute atomic E-state index is 12.9. The van der Waals surface area contributed by atoms with E-state index in [1.54, 1.807) is 12.1 Å². The molecular formula is C21H23ClN2O3. The summed E-state index contributed by atoms with van der Waals surface area (Å²) in [6.07, 6.45) is 0.803.